The van der Waals surface area contributed by atoms with E-state index in [0.717, 1.165) is 37.7 Å². The highest BCUT2D eigenvalue weighted by molar-refractivity contribution is 7.17. The number of anilines is 1. The number of aryl methyl sites for hydroxylation is 1. The first kappa shape index (κ1) is 21.9. The average molecular weight is 455 g/mol. The van der Waals surface area contributed by atoms with Crippen molar-refractivity contribution >= 4 is 51.4 Å². The molecule has 0 fully saturated rings. The summed E-state index contributed by atoms with van der Waals surface area (Å²) in [7, 11) is 0. The van der Waals surface area contributed by atoms with Crippen LogP contribution in [-0.2, 0) is 17.6 Å². The third-order valence-corrected chi connectivity index (χ3v) is 6.61. The minimum atomic E-state index is -0.473. The van der Waals surface area contributed by atoms with Crippen molar-refractivity contribution in [3.8, 4) is 5.75 Å². The maximum absolute atomic E-state index is 12.4. The van der Waals surface area contributed by atoms with Gasteiger partial charge in [0.25, 0.3) is 5.91 Å². The van der Waals surface area contributed by atoms with E-state index < -0.39 is 5.91 Å². The molecular weight excluding hydrogens is 431 g/mol. The van der Waals surface area contributed by atoms with Crippen LogP contribution >= 0.6 is 34.5 Å². The summed E-state index contributed by atoms with van der Waals surface area (Å²) in [5.74, 6) is -0.0998. The highest BCUT2D eigenvalue weighted by Gasteiger charge is 2.23. The molecule has 1 aromatic heterocycles. The first-order valence-corrected chi connectivity index (χ1v) is 11.3. The van der Waals surface area contributed by atoms with Gasteiger partial charge in [0, 0.05) is 16.3 Å². The summed E-state index contributed by atoms with van der Waals surface area (Å²) in [6, 6.07) is 5.01. The third-order valence-electron chi connectivity index (χ3n) is 4.87. The van der Waals surface area contributed by atoms with Gasteiger partial charge in [-0.05, 0) is 55.9 Å². The zero-order valence-corrected chi connectivity index (χ0v) is 18.4. The van der Waals surface area contributed by atoms with Gasteiger partial charge in [0.15, 0.2) is 0 Å². The number of ether oxygens (including phenoxy) is 1. The molecule has 8 heteroatoms. The highest BCUT2D eigenvalue weighted by Crippen LogP contribution is 2.37. The molecule has 2 amide bonds. The van der Waals surface area contributed by atoms with Crippen molar-refractivity contribution in [1.29, 1.82) is 0 Å². The quantitative estimate of drug-likeness (QED) is 0.533. The van der Waals surface area contributed by atoms with E-state index in [9.17, 15) is 9.59 Å². The molecule has 1 aliphatic carbocycles. The van der Waals surface area contributed by atoms with E-state index in [4.69, 9.17) is 33.7 Å². The number of thiophene rings is 1. The molecule has 3 N–H and O–H groups in total. The van der Waals surface area contributed by atoms with Crippen molar-refractivity contribution < 1.29 is 14.3 Å². The maximum atomic E-state index is 12.4. The second kappa shape index (κ2) is 10.3. The Morgan fingerprint density at radius 3 is 2.62 bits per heavy atom. The zero-order chi connectivity index (χ0) is 20.8. The van der Waals surface area contributed by atoms with E-state index in [0.29, 0.717) is 39.4 Å². The van der Waals surface area contributed by atoms with Gasteiger partial charge in [0.1, 0.15) is 10.8 Å². The number of halogens is 2. The van der Waals surface area contributed by atoms with Crippen LogP contribution in [0.1, 0.15) is 59.3 Å². The number of primary amides is 1. The minimum Gasteiger partial charge on any atom is -0.492 e. The molecule has 2 aromatic rings. The van der Waals surface area contributed by atoms with Crippen molar-refractivity contribution in [2.24, 2.45) is 5.73 Å². The number of nitrogens with one attached hydrogen (secondary N) is 1. The molecule has 156 valence electrons. The molecule has 0 aliphatic heterocycles. The molecule has 29 heavy (non-hydrogen) atoms. The van der Waals surface area contributed by atoms with Gasteiger partial charge in [-0.3, -0.25) is 9.59 Å². The molecule has 1 aromatic carbocycles. The first-order chi connectivity index (χ1) is 14.0. The van der Waals surface area contributed by atoms with Crippen molar-refractivity contribution in [3.05, 3.63) is 44.2 Å². The number of nitrogens with two attached hydrogens (primary N) is 1. The Bertz CT molecular complexity index is 898. The Hall–Kier alpha value is -1.76. The molecule has 0 spiro atoms. The number of carbonyl (C=O) groups is 2. The molecule has 0 unspecified atom stereocenters. The molecule has 1 heterocycles. The fourth-order valence-electron chi connectivity index (χ4n) is 3.46. The fraction of sp³-hybridized carbons (Fsp3) is 0.429. The number of carbonyl (C=O) groups excluding carboxylic acids is 2. The summed E-state index contributed by atoms with van der Waals surface area (Å²) in [6.45, 7) is 0.346. The van der Waals surface area contributed by atoms with Crippen molar-refractivity contribution in [2.45, 2.75) is 51.4 Å². The monoisotopic (exact) mass is 454 g/mol. The van der Waals surface area contributed by atoms with Gasteiger partial charge in [-0.2, -0.15) is 0 Å². The molecule has 1 aliphatic rings. The third kappa shape index (κ3) is 5.87. The summed E-state index contributed by atoms with van der Waals surface area (Å²) >= 11 is 13.4. The van der Waals surface area contributed by atoms with Gasteiger partial charge in [0.2, 0.25) is 5.91 Å². The smallest absolute Gasteiger partial charge is 0.251 e. The SMILES string of the molecule is NC(=O)c1c(NC(=O)CCCOc2ccc(Cl)cc2Cl)sc2c1CCCCCC2. The molecule has 5 nitrogen and oxygen atoms in total. The predicted molar refractivity (Wildman–Crippen MR) is 119 cm³/mol. The summed E-state index contributed by atoms with van der Waals surface area (Å²) in [5, 5.41) is 4.44. The molecule has 0 atom stereocenters. The molecule has 0 bridgehead atoms. The van der Waals surface area contributed by atoms with E-state index >= 15 is 0 Å². The number of hydrogen-bond acceptors (Lipinski definition) is 4. The van der Waals surface area contributed by atoms with Crippen LogP contribution < -0.4 is 15.8 Å². The lowest BCUT2D eigenvalue weighted by Gasteiger charge is -2.10. The standard InChI is InChI=1S/C21H24Cl2N2O3S/c22-13-9-10-16(15(23)12-13)28-11-5-8-18(26)25-21-19(20(24)27)14-6-3-1-2-4-7-17(14)29-21/h9-10,12H,1-8,11H2,(H2,24,27)(H,25,26). The number of amides is 2. The molecular formula is C21H24Cl2N2O3S. The van der Waals surface area contributed by atoms with Gasteiger partial charge >= 0.3 is 0 Å². The lowest BCUT2D eigenvalue weighted by molar-refractivity contribution is -0.116. The van der Waals surface area contributed by atoms with E-state index in [1.807, 2.05) is 0 Å². The second-order valence-corrected chi connectivity index (χ2v) is 9.01. The summed E-state index contributed by atoms with van der Waals surface area (Å²) in [5.41, 5.74) is 7.15. The van der Waals surface area contributed by atoms with Crippen LogP contribution in [0.4, 0.5) is 5.00 Å². The van der Waals surface area contributed by atoms with Gasteiger partial charge in [0.05, 0.1) is 17.2 Å². The largest absolute Gasteiger partial charge is 0.492 e. The van der Waals surface area contributed by atoms with Crippen molar-refractivity contribution in [1.82, 2.24) is 0 Å². The lowest BCUT2D eigenvalue weighted by atomic mass is 9.96. The van der Waals surface area contributed by atoms with Gasteiger partial charge < -0.3 is 15.8 Å². The Labute approximate surface area is 184 Å². The zero-order valence-electron chi connectivity index (χ0n) is 16.1. The normalized spacial score (nSPS) is 13.9. The maximum Gasteiger partial charge on any atom is 0.251 e. The van der Waals surface area contributed by atoms with Crippen LogP contribution in [0.25, 0.3) is 0 Å². The van der Waals surface area contributed by atoms with Crippen LogP contribution in [0.15, 0.2) is 18.2 Å². The second-order valence-electron chi connectivity index (χ2n) is 7.06. The van der Waals surface area contributed by atoms with Crippen LogP contribution in [-0.4, -0.2) is 18.4 Å². The summed E-state index contributed by atoms with van der Waals surface area (Å²) < 4.78 is 5.61. The number of hydrogen-bond donors (Lipinski definition) is 2. The van der Waals surface area contributed by atoms with Crippen LogP contribution in [0.2, 0.25) is 10.0 Å². The van der Waals surface area contributed by atoms with Crippen molar-refractivity contribution in [2.75, 3.05) is 11.9 Å². The minimum absolute atomic E-state index is 0.160. The predicted octanol–water partition coefficient (Wildman–Crippen LogP) is 5.61. The van der Waals surface area contributed by atoms with E-state index in [1.165, 1.54) is 22.6 Å². The van der Waals surface area contributed by atoms with E-state index in [2.05, 4.69) is 5.32 Å². The van der Waals surface area contributed by atoms with Crippen molar-refractivity contribution in [3.63, 3.8) is 0 Å². The first-order valence-electron chi connectivity index (χ1n) is 9.77. The lowest BCUT2D eigenvalue weighted by Crippen LogP contribution is -2.18. The van der Waals surface area contributed by atoms with Gasteiger partial charge in [-0.15, -0.1) is 11.3 Å². The molecule has 0 saturated carbocycles. The number of fused-ring (bicyclic) bond motifs is 1. The highest BCUT2D eigenvalue weighted by atomic mass is 35.5. The van der Waals surface area contributed by atoms with E-state index in [-0.39, 0.29) is 12.3 Å². The van der Waals surface area contributed by atoms with Crippen LogP contribution in [0.5, 0.6) is 5.75 Å². The fourth-order valence-corrected chi connectivity index (χ4v) is 5.24. The van der Waals surface area contributed by atoms with E-state index in [1.54, 1.807) is 18.2 Å². The van der Waals surface area contributed by atoms with Crippen LogP contribution in [0, 0.1) is 0 Å². The van der Waals surface area contributed by atoms with Gasteiger partial charge in [-0.25, -0.2) is 0 Å². The molecule has 0 saturated heterocycles. The topological polar surface area (TPSA) is 81.4 Å². The van der Waals surface area contributed by atoms with Gasteiger partial charge in [-0.1, -0.05) is 36.0 Å². The summed E-state index contributed by atoms with van der Waals surface area (Å²) in [4.78, 5) is 25.6. The number of rotatable bonds is 7. The Morgan fingerprint density at radius 1 is 1.14 bits per heavy atom. The molecule has 0 radical (unpaired) electrons. The number of benzene rings is 1. The Kier molecular flexibility index (Phi) is 7.81. The molecule has 3 rings (SSSR count). The van der Waals surface area contributed by atoms with Crippen LogP contribution in [0.3, 0.4) is 0 Å². The Balaban J connectivity index is 1.57. The average Bonchev–Trinajstić information content (AvgIpc) is 2.96. The Morgan fingerprint density at radius 2 is 1.90 bits per heavy atom. The summed E-state index contributed by atoms with van der Waals surface area (Å²) in [6.07, 6.45) is 7.07.